The van der Waals surface area contributed by atoms with E-state index in [4.69, 9.17) is 0 Å². The number of hydrogen-bond donors (Lipinski definition) is 0. The molecule has 2 amide bonds. The first-order valence-corrected chi connectivity index (χ1v) is 12.3. The third-order valence-electron chi connectivity index (χ3n) is 7.13. The van der Waals surface area contributed by atoms with Gasteiger partial charge in [0.2, 0.25) is 0 Å². The highest BCUT2D eigenvalue weighted by Gasteiger charge is 2.51. The Balaban J connectivity index is 1.61. The topological polar surface area (TPSA) is 108 Å². The molecule has 2 atom stereocenters. The maximum absolute atomic E-state index is 13.9. The average molecular weight is 510 g/mol. The standard InChI is InChI=1S/C29H27N5O4/c1-17-9-13-21(14-10-17)32-28(35)25(19(3)30-32)27(23-7-5-6-8-24(23)34(37)38)26-20(4)31-33(29(26)36)22-15-11-18(2)12-16-22/h5-16,25-27H,1-4H3. The van der Waals surface area contributed by atoms with Crippen molar-refractivity contribution < 1.29 is 14.5 Å². The van der Waals surface area contributed by atoms with E-state index in [2.05, 4.69) is 10.2 Å². The first kappa shape index (κ1) is 25.0. The van der Waals surface area contributed by atoms with Gasteiger partial charge in [0, 0.05) is 29.0 Å². The second kappa shape index (κ2) is 9.66. The maximum Gasteiger partial charge on any atom is 0.272 e. The first-order valence-electron chi connectivity index (χ1n) is 12.3. The third-order valence-corrected chi connectivity index (χ3v) is 7.13. The molecule has 0 fully saturated rings. The molecule has 0 spiro atoms. The van der Waals surface area contributed by atoms with Crippen molar-refractivity contribution in [2.75, 3.05) is 10.0 Å². The zero-order valence-corrected chi connectivity index (χ0v) is 21.5. The van der Waals surface area contributed by atoms with Crippen molar-refractivity contribution in [1.82, 2.24) is 0 Å². The number of nitrogens with zero attached hydrogens (tertiary/aromatic N) is 5. The Hall–Kier alpha value is -4.66. The Bertz CT molecular complexity index is 1410. The second-order valence-electron chi connectivity index (χ2n) is 9.75. The number of nitro groups is 1. The minimum Gasteiger partial charge on any atom is -0.272 e. The van der Waals surface area contributed by atoms with Crippen molar-refractivity contribution in [3.8, 4) is 0 Å². The molecular weight excluding hydrogens is 482 g/mol. The molecule has 3 aromatic carbocycles. The van der Waals surface area contributed by atoms with Gasteiger partial charge in [0.1, 0.15) is 0 Å². The van der Waals surface area contributed by atoms with E-state index in [1.807, 2.05) is 38.1 Å². The highest BCUT2D eigenvalue weighted by Crippen LogP contribution is 2.45. The molecule has 0 aromatic heterocycles. The average Bonchev–Trinajstić information content (AvgIpc) is 3.36. The van der Waals surface area contributed by atoms with Gasteiger partial charge in [0.15, 0.2) is 0 Å². The van der Waals surface area contributed by atoms with Gasteiger partial charge in [-0.15, -0.1) is 0 Å². The maximum atomic E-state index is 13.9. The van der Waals surface area contributed by atoms with E-state index >= 15 is 0 Å². The number of anilines is 2. The number of carbonyl (C=O) groups excluding carboxylic acids is 2. The van der Waals surface area contributed by atoms with Crippen LogP contribution in [0.4, 0.5) is 17.1 Å². The number of aryl methyl sites for hydroxylation is 2. The minimum atomic E-state index is -0.894. The van der Waals surface area contributed by atoms with Crippen LogP contribution >= 0.6 is 0 Å². The van der Waals surface area contributed by atoms with Gasteiger partial charge in [0.25, 0.3) is 17.5 Å². The summed E-state index contributed by atoms with van der Waals surface area (Å²) < 4.78 is 0. The molecular formula is C29H27N5O4. The molecule has 5 rings (SSSR count). The molecule has 2 unspecified atom stereocenters. The van der Waals surface area contributed by atoms with E-state index in [1.54, 1.807) is 56.3 Å². The van der Waals surface area contributed by atoms with E-state index in [9.17, 15) is 19.7 Å². The van der Waals surface area contributed by atoms with Crippen LogP contribution in [-0.2, 0) is 9.59 Å². The number of benzene rings is 3. The molecule has 0 saturated heterocycles. The van der Waals surface area contributed by atoms with Gasteiger partial charge >= 0.3 is 0 Å². The summed E-state index contributed by atoms with van der Waals surface area (Å²) in [5.74, 6) is -3.35. The molecule has 0 bridgehead atoms. The predicted molar refractivity (Wildman–Crippen MR) is 146 cm³/mol. The highest BCUT2D eigenvalue weighted by molar-refractivity contribution is 6.19. The summed E-state index contributed by atoms with van der Waals surface area (Å²) in [6, 6.07) is 21.0. The molecule has 9 nitrogen and oxygen atoms in total. The molecule has 9 heteroatoms. The van der Waals surface area contributed by atoms with Crippen molar-refractivity contribution in [3.05, 3.63) is 99.6 Å². The zero-order valence-electron chi connectivity index (χ0n) is 21.5. The van der Waals surface area contributed by atoms with Crippen molar-refractivity contribution in [1.29, 1.82) is 0 Å². The number of amides is 2. The Morgan fingerprint density at radius 3 is 1.55 bits per heavy atom. The number of para-hydroxylation sites is 1. The van der Waals surface area contributed by atoms with E-state index in [-0.39, 0.29) is 17.5 Å². The summed E-state index contributed by atoms with van der Waals surface area (Å²) in [7, 11) is 0. The largest absolute Gasteiger partial charge is 0.272 e. The van der Waals surface area contributed by atoms with Crippen molar-refractivity contribution in [2.24, 2.45) is 22.0 Å². The van der Waals surface area contributed by atoms with Crippen LogP contribution in [-0.4, -0.2) is 28.2 Å². The van der Waals surface area contributed by atoms with Crippen LogP contribution in [0.2, 0.25) is 0 Å². The van der Waals surface area contributed by atoms with Crippen molar-refractivity contribution in [3.63, 3.8) is 0 Å². The molecule has 192 valence electrons. The SMILES string of the molecule is CC1=NN(c2ccc(C)cc2)C(=O)C1C(c1ccccc1[N+](=O)[O-])C1C(=O)N(c2ccc(C)cc2)N=C1C. The smallest absolute Gasteiger partial charge is 0.272 e. The fourth-order valence-electron chi connectivity index (χ4n) is 5.22. The Morgan fingerprint density at radius 1 is 0.711 bits per heavy atom. The van der Waals surface area contributed by atoms with Gasteiger partial charge in [-0.2, -0.15) is 10.2 Å². The van der Waals surface area contributed by atoms with Crippen molar-refractivity contribution in [2.45, 2.75) is 33.6 Å². The van der Waals surface area contributed by atoms with Crippen LogP contribution < -0.4 is 10.0 Å². The number of carbonyl (C=O) groups is 2. The van der Waals surface area contributed by atoms with Gasteiger partial charge in [-0.1, -0.05) is 53.6 Å². The Kier molecular flexibility index (Phi) is 6.36. The fraction of sp³-hybridized carbons (Fsp3) is 0.241. The number of rotatable bonds is 6. The molecule has 2 heterocycles. The summed E-state index contributed by atoms with van der Waals surface area (Å²) in [5, 5.41) is 23.8. The van der Waals surface area contributed by atoms with Crippen molar-refractivity contribution >= 4 is 40.3 Å². The van der Waals surface area contributed by atoms with Crippen LogP contribution in [0.15, 0.2) is 83.0 Å². The first-order chi connectivity index (χ1) is 18.2. The normalized spacial score (nSPS) is 20.0. The van der Waals surface area contributed by atoms with E-state index in [0.29, 0.717) is 28.4 Å². The van der Waals surface area contributed by atoms with Crippen LogP contribution in [0.1, 0.15) is 36.5 Å². The summed E-state index contributed by atoms with van der Waals surface area (Å²) in [6.45, 7) is 7.35. The molecule has 2 aliphatic heterocycles. The molecule has 2 aliphatic rings. The van der Waals surface area contributed by atoms with Crippen LogP contribution in [0, 0.1) is 35.8 Å². The van der Waals surface area contributed by atoms with E-state index in [1.165, 1.54) is 16.1 Å². The zero-order chi connectivity index (χ0) is 27.1. The summed E-state index contributed by atoms with van der Waals surface area (Å²) in [4.78, 5) is 39.5. The fourth-order valence-corrected chi connectivity index (χ4v) is 5.22. The molecule has 0 saturated carbocycles. The van der Waals surface area contributed by atoms with E-state index in [0.717, 1.165) is 11.1 Å². The quantitative estimate of drug-likeness (QED) is 0.329. The second-order valence-corrected chi connectivity index (χ2v) is 9.75. The summed E-state index contributed by atoms with van der Waals surface area (Å²) in [5.41, 5.74) is 4.36. The van der Waals surface area contributed by atoms with Gasteiger partial charge < -0.3 is 0 Å². The monoisotopic (exact) mass is 509 g/mol. The van der Waals surface area contributed by atoms with Crippen LogP contribution in [0.5, 0.6) is 0 Å². The Morgan fingerprint density at radius 2 is 1.13 bits per heavy atom. The van der Waals surface area contributed by atoms with E-state index < -0.39 is 22.7 Å². The summed E-state index contributed by atoms with van der Waals surface area (Å²) in [6.07, 6.45) is 0. The molecule has 3 aromatic rings. The van der Waals surface area contributed by atoms with Crippen LogP contribution in [0.3, 0.4) is 0 Å². The summed E-state index contributed by atoms with van der Waals surface area (Å²) >= 11 is 0. The lowest BCUT2D eigenvalue weighted by Gasteiger charge is -2.28. The lowest BCUT2D eigenvalue weighted by Crippen LogP contribution is -2.40. The van der Waals surface area contributed by atoms with Crippen LogP contribution in [0.25, 0.3) is 0 Å². The molecule has 38 heavy (non-hydrogen) atoms. The van der Waals surface area contributed by atoms with Gasteiger partial charge in [-0.25, -0.2) is 10.0 Å². The highest BCUT2D eigenvalue weighted by atomic mass is 16.6. The third kappa shape index (κ3) is 4.26. The number of hydrazone groups is 2. The molecule has 0 aliphatic carbocycles. The van der Waals surface area contributed by atoms with Gasteiger partial charge in [0.05, 0.1) is 28.1 Å². The molecule has 0 radical (unpaired) electrons. The molecule has 0 N–H and O–H groups in total. The number of nitro benzene ring substituents is 1. The predicted octanol–water partition coefficient (Wildman–Crippen LogP) is 5.37. The lowest BCUT2D eigenvalue weighted by atomic mass is 9.72. The minimum absolute atomic E-state index is 0.152. The van der Waals surface area contributed by atoms with Gasteiger partial charge in [-0.05, 0) is 52.0 Å². The lowest BCUT2D eigenvalue weighted by molar-refractivity contribution is -0.385. The Labute approximate surface area is 220 Å². The number of hydrogen-bond acceptors (Lipinski definition) is 6. The van der Waals surface area contributed by atoms with Gasteiger partial charge in [-0.3, -0.25) is 19.7 Å².